The van der Waals surface area contributed by atoms with Gasteiger partial charge in [-0.2, -0.15) is 0 Å². The summed E-state index contributed by atoms with van der Waals surface area (Å²) in [5.41, 5.74) is 0.247. The van der Waals surface area contributed by atoms with Gasteiger partial charge in [-0.3, -0.25) is 9.98 Å². The minimum Gasteiger partial charge on any atom is -0.389 e. The summed E-state index contributed by atoms with van der Waals surface area (Å²) in [4.78, 5) is 8.20. The van der Waals surface area contributed by atoms with Crippen LogP contribution in [0.25, 0.3) is 0 Å². The van der Waals surface area contributed by atoms with Gasteiger partial charge in [0.2, 0.25) is 0 Å². The molecule has 0 aromatic carbocycles. The van der Waals surface area contributed by atoms with E-state index in [-0.39, 0.29) is 0 Å². The number of hydrogen-bond donors (Lipinski definition) is 1. The number of aliphatic hydroxyl groups is 1. The molecule has 0 unspecified atom stereocenters. The standard InChI is InChI=1S/C9H17BrN2O/c1-7(5-8(10)11-4)12-6-9(2,3)13/h13H,5-6H2,1-4H3. The largest absolute Gasteiger partial charge is 0.389 e. The minimum atomic E-state index is -0.725. The van der Waals surface area contributed by atoms with E-state index in [0.29, 0.717) is 13.0 Å². The third-order valence-electron chi connectivity index (χ3n) is 1.38. The van der Waals surface area contributed by atoms with Crippen molar-refractivity contribution in [2.45, 2.75) is 32.8 Å². The summed E-state index contributed by atoms with van der Waals surface area (Å²) >= 11 is 3.30. The molecule has 0 aromatic rings. The first-order chi connectivity index (χ1) is 5.85. The van der Waals surface area contributed by atoms with Crippen LogP contribution in [0.5, 0.6) is 0 Å². The van der Waals surface area contributed by atoms with Gasteiger partial charge in [-0.15, -0.1) is 0 Å². The van der Waals surface area contributed by atoms with Crippen LogP contribution in [0.15, 0.2) is 9.98 Å². The van der Waals surface area contributed by atoms with E-state index >= 15 is 0 Å². The highest BCUT2D eigenvalue weighted by Crippen LogP contribution is 2.03. The summed E-state index contributed by atoms with van der Waals surface area (Å²) in [6, 6.07) is 0. The van der Waals surface area contributed by atoms with Crippen molar-refractivity contribution in [2.24, 2.45) is 9.98 Å². The van der Waals surface area contributed by atoms with Crippen LogP contribution in [-0.2, 0) is 0 Å². The van der Waals surface area contributed by atoms with Crippen LogP contribution in [0.1, 0.15) is 27.2 Å². The van der Waals surface area contributed by atoms with E-state index in [1.165, 1.54) is 0 Å². The molecule has 0 atom stereocenters. The predicted molar refractivity (Wildman–Crippen MR) is 61.2 cm³/mol. The zero-order valence-corrected chi connectivity index (χ0v) is 10.2. The fourth-order valence-electron chi connectivity index (χ4n) is 0.674. The molecule has 0 aliphatic rings. The highest BCUT2D eigenvalue weighted by atomic mass is 79.9. The van der Waals surface area contributed by atoms with Gasteiger partial charge in [0.25, 0.3) is 0 Å². The zero-order chi connectivity index (χ0) is 10.5. The lowest BCUT2D eigenvalue weighted by atomic mass is 10.1. The van der Waals surface area contributed by atoms with Crippen molar-refractivity contribution in [3.8, 4) is 0 Å². The van der Waals surface area contributed by atoms with Gasteiger partial charge < -0.3 is 5.11 Å². The number of rotatable bonds is 4. The Morgan fingerprint density at radius 1 is 1.46 bits per heavy atom. The maximum absolute atomic E-state index is 9.41. The van der Waals surface area contributed by atoms with Gasteiger partial charge in [0, 0.05) is 19.2 Å². The first-order valence-corrected chi connectivity index (χ1v) is 4.98. The maximum atomic E-state index is 9.41. The van der Waals surface area contributed by atoms with Crippen LogP contribution < -0.4 is 0 Å². The lowest BCUT2D eigenvalue weighted by Gasteiger charge is -2.13. The SMILES string of the molecule is CN=C(Br)CC(C)=NCC(C)(C)O. The Morgan fingerprint density at radius 2 is 2.00 bits per heavy atom. The molecule has 0 aromatic heterocycles. The molecule has 0 spiro atoms. The van der Waals surface area contributed by atoms with Crippen LogP contribution in [0.2, 0.25) is 0 Å². The van der Waals surface area contributed by atoms with Crippen LogP contribution in [0.3, 0.4) is 0 Å². The molecule has 4 heteroatoms. The third kappa shape index (κ3) is 8.12. The monoisotopic (exact) mass is 248 g/mol. The number of aliphatic imine (C=N–C) groups is 2. The number of hydrogen-bond acceptors (Lipinski definition) is 3. The van der Waals surface area contributed by atoms with E-state index < -0.39 is 5.60 Å². The summed E-state index contributed by atoms with van der Waals surface area (Å²) in [5.74, 6) is 0. The van der Waals surface area contributed by atoms with E-state index in [9.17, 15) is 5.11 Å². The molecule has 0 bridgehead atoms. The molecule has 3 nitrogen and oxygen atoms in total. The summed E-state index contributed by atoms with van der Waals surface area (Å²) in [6.45, 7) is 5.85. The fourth-order valence-corrected chi connectivity index (χ4v) is 1.08. The summed E-state index contributed by atoms with van der Waals surface area (Å²) < 4.78 is 0.879. The molecule has 0 amide bonds. The minimum absolute atomic E-state index is 0.433. The Labute approximate surface area is 88.1 Å². The molecule has 0 radical (unpaired) electrons. The Kier molecular flexibility index (Phi) is 5.40. The van der Waals surface area contributed by atoms with Crippen LogP contribution in [0, 0.1) is 0 Å². The van der Waals surface area contributed by atoms with Gasteiger partial charge in [-0.25, -0.2) is 0 Å². The number of halogens is 1. The molecule has 0 aliphatic carbocycles. The zero-order valence-electron chi connectivity index (χ0n) is 8.63. The first-order valence-electron chi connectivity index (χ1n) is 4.18. The van der Waals surface area contributed by atoms with Gasteiger partial charge in [0.15, 0.2) is 0 Å². The average molecular weight is 249 g/mol. The molecule has 1 N–H and O–H groups in total. The molecule has 0 saturated carbocycles. The molecule has 0 rings (SSSR count). The molecule has 13 heavy (non-hydrogen) atoms. The molecule has 0 saturated heterocycles. The topological polar surface area (TPSA) is 45.0 Å². The lowest BCUT2D eigenvalue weighted by Crippen LogP contribution is -2.23. The smallest absolute Gasteiger partial charge is 0.0826 e. The Morgan fingerprint density at radius 3 is 2.38 bits per heavy atom. The van der Waals surface area contributed by atoms with E-state index in [0.717, 1.165) is 10.3 Å². The number of nitrogens with zero attached hydrogens (tertiary/aromatic N) is 2. The van der Waals surface area contributed by atoms with Crippen molar-refractivity contribution in [1.82, 2.24) is 0 Å². The average Bonchev–Trinajstić information content (AvgIpc) is 1.99. The quantitative estimate of drug-likeness (QED) is 0.761. The Hall–Kier alpha value is -0.220. The van der Waals surface area contributed by atoms with Crippen LogP contribution in [0.4, 0.5) is 0 Å². The van der Waals surface area contributed by atoms with E-state index in [4.69, 9.17) is 0 Å². The second kappa shape index (κ2) is 5.50. The predicted octanol–water partition coefficient (Wildman–Crippen LogP) is 2.03. The third-order valence-corrected chi connectivity index (χ3v) is 2.02. The van der Waals surface area contributed by atoms with E-state index in [1.54, 1.807) is 20.9 Å². The van der Waals surface area contributed by atoms with Gasteiger partial charge >= 0.3 is 0 Å². The molecule has 76 valence electrons. The van der Waals surface area contributed by atoms with Gasteiger partial charge in [0.05, 0.1) is 16.8 Å². The first kappa shape index (κ1) is 12.8. The fraction of sp³-hybridized carbons (Fsp3) is 0.778. The lowest BCUT2D eigenvalue weighted by molar-refractivity contribution is 0.0904. The highest BCUT2D eigenvalue weighted by molar-refractivity contribution is 9.18. The van der Waals surface area contributed by atoms with Crippen molar-refractivity contribution in [3.05, 3.63) is 0 Å². The second-order valence-corrected chi connectivity index (χ2v) is 4.56. The van der Waals surface area contributed by atoms with Gasteiger partial charge in [-0.1, -0.05) is 0 Å². The molecular weight excluding hydrogens is 232 g/mol. The van der Waals surface area contributed by atoms with Crippen molar-refractivity contribution in [3.63, 3.8) is 0 Å². The molecule has 0 heterocycles. The molecular formula is C9H17BrN2O. The highest BCUT2D eigenvalue weighted by Gasteiger charge is 2.10. The van der Waals surface area contributed by atoms with Crippen molar-refractivity contribution in [1.29, 1.82) is 0 Å². The summed E-state index contributed by atoms with van der Waals surface area (Å²) in [5, 5.41) is 9.41. The Balaban J connectivity index is 4.04. The molecule has 0 aliphatic heterocycles. The van der Waals surface area contributed by atoms with Crippen LogP contribution >= 0.6 is 15.9 Å². The van der Waals surface area contributed by atoms with Crippen molar-refractivity contribution >= 4 is 26.3 Å². The van der Waals surface area contributed by atoms with Crippen molar-refractivity contribution < 1.29 is 5.11 Å². The van der Waals surface area contributed by atoms with Crippen LogP contribution in [-0.4, -0.2) is 34.6 Å². The normalized spacial score (nSPS) is 14.9. The maximum Gasteiger partial charge on any atom is 0.0826 e. The second-order valence-electron chi connectivity index (χ2n) is 3.64. The Bertz CT molecular complexity index is 216. The van der Waals surface area contributed by atoms with E-state index in [1.807, 2.05) is 6.92 Å². The van der Waals surface area contributed by atoms with Crippen molar-refractivity contribution in [2.75, 3.05) is 13.6 Å². The van der Waals surface area contributed by atoms with Gasteiger partial charge in [0.1, 0.15) is 0 Å². The molecule has 0 fully saturated rings. The van der Waals surface area contributed by atoms with E-state index in [2.05, 4.69) is 25.9 Å². The van der Waals surface area contributed by atoms with Gasteiger partial charge in [-0.05, 0) is 36.7 Å². The summed E-state index contributed by atoms with van der Waals surface area (Å²) in [6.07, 6.45) is 0.715. The summed E-state index contributed by atoms with van der Waals surface area (Å²) in [7, 11) is 1.73.